The Morgan fingerprint density at radius 2 is 2.38 bits per heavy atom. The maximum atomic E-state index is 10.2. The van der Waals surface area contributed by atoms with Gasteiger partial charge in [-0.1, -0.05) is 11.6 Å². The summed E-state index contributed by atoms with van der Waals surface area (Å²) in [6, 6.07) is 3.00. The summed E-state index contributed by atoms with van der Waals surface area (Å²) in [6.07, 6.45) is 0. The molecule has 0 bridgehead atoms. The zero-order valence-electron chi connectivity index (χ0n) is 6.53. The molecule has 1 aromatic rings. The largest absolute Gasteiger partial charge is 0.384 e. The predicted octanol–water partition coefficient (Wildman–Crippen LogP) is 1.22. The third-order valence-corrected chi connectivity index (χ3v) is 1.82. The van der Waals surface area contributed by atoms with E-state index in [-0.39, 0.29) is 12.4 Å². The van der Waals surface area contributed by atoms with Gasteiger partial charge in [-0.2, -0.15) is 0 Å². The van der Waals surface area contributed by atoms with Gasteiger partial charge in [-0.3, -0.25) is 4.57 Å². The number of aromatic nitrogens is 1. The van der Waals surface area contributed by atoms with Gasteiger partial charge in [-0.15, -0.1) is 0 Å². The Hall–Kier alpha value is -0.610. The highest BCUT2D eigenvalue weighted by Crippen LogP contribution is 2.19. The molecule has 1 atom stereocenters. The van der Waals surface area contributed by atoms with Crippen LogP contribution in [-0.4, -0.2) is 9.88 Å². The Balaban J connectivity index is 2.71. The summed E-state index contributed by atoms with van der Waals surface area (Å²) < 4.78 is 14.7. The number of hydrogen-bond donors (Lipinski definition) is 2. The molecule has 0 spiro atoms. The molecule has 13 heavy (non-hydrogen) atoms. The Bertz CT molecular complexity index is 313. The maximum Gasteiger partial charge on any atom is 0.316 e. The SMILES string of the molecule is Nc1cc(Cl)cc(CO[PH](=O)O)n1. The molecule has 1 heterocycles. The van der Waals surface area contributed by atoms with E-state index in [0.717, 1.165) is 0 Å². The molecule has 3 N–H and O–H groups in total. The first-order chi connectivity index (χ1) is 6.08. The minimum absolute atomic E-state index is 0.0704. The number of nitrogens with zero attached hydrogens (tertiary/aromatic N) is 1. The highest BCUT2D eigenvalue weighted by atomic mass is 35.5. The van der Waals surface area contributed by atoms with Gasteiger partial charge >= 0.3 is 8.25 Å². The Labute approximate surface area is 80.4 Å². The monoisotopic (exact) mass is 222 g/mol. The molecule has 72 valence electrons. The van der Waals surface area contributed by atoms with Crippen LogP contribution < -0.4 is 5.73 Å². The number of nitrogen functional groups attached to an aromatic ring is 1. The van der Waals surface area contributed by atoms with E-state index >= 15 is 0 Å². The lowest BCUT2D eigenvalue weighted by Crippen LogP contribution is -1.96. The molecule has 0 radical (unpaired) electrons. The molecule has 0 amide bonds. The molecular formula is C6H8ClN2O3P. The van der Waals surface area contributed by atoms with Crippen molar-refractivity contribution in [2.45, 2.75) is 6.61 Å². The first-order valence-electron chi connectivity index (χ1n) is 3.35. The molecule has 0 aliphatic carbocycles. The van der Waals surface area contributed by atoms with E-state index in [4.69, 9.17) is 22.2 Å². The lowest BCUT2D eigenvalue weighted by Gasteiger charge is -2.01. The van der Waals surface area contributed by atoms with E-state index in [9.17, 15) is 4.57 Å². The van der Waals surface area contributed by atoms with Crippen LogP contribution in [-0.2, 0) is 15.7 Å². The van der Waals surface area contributed by atoms with Gasteiger partial charge in [0.1, 0.15) is 5.82 Å². The van der Waals surface area contributed by atoms with E-state index in [2.05, 4.69) is 9.51 Å². The number of hydrogen-bond acceptors (Lipinski definition) is 4. The highest BCUT2D eigenvalue weighted by molar-refractivity contribution is 7.32. The summed E-state index contributed by atoms with van der Waals surface area (Å²) >= 11 is 5.66. The third-order valence-electron chi connectivity index (χ3n) is 1.21. The first kappa shape index (κ1) is 10.5. The van der Waals surface area contributed by atoms with E-state index in [0.29, 0.717) is 10.7 Å². The molecule has 0 fully saturated rings. The van der Waals surface area contributed by atoms with Crippen molar-refractivity contribution in [1.29, 1.82) is 0 Å². The minimum atomic E-state index is -2.93. The second-order valence-electron chi connectivity index (χ2n) is 2.26. The average Bonchev–Trinajstić information content (AvgIpc) is 1.99. The van der Waals surface area contributed by atoms with Crippen LogP contribution in [0.4, 0.5) is 5.82 Å². The summed E-state index contributed by atoms with van der Waals surface area (Å²) in [4.78, 5) is 12.2. The molecule has 1 unspecified atom stereocenters. The molecule has 1 aromatic heterocycles. The highest BCUT2D eigenvalue weighted by Gasteiger charge is 2.00. The van der Waals surface area contributed by atoms with Crippen LogP contribution in [0.3, 0.4) is 0 Å². The predicted molar refractivity (Wildman–Crippen MR) is 49.7 cm³/mol. The van der Waals surface area contributed by atoms with Crippen LogP contribution in [0, 0.1) is 0 Å². The van der Waals surface area contributed by atoms with Crippen LogP contribution in [0.5, 0.6) is 0 Å². The molecule has 0 saturated heterocycles. The molecule has 7 heteroatoms. The molecule has 0 aliphatic rings. The number of pyridine rings is 1. The summed E-state index contributed by atoms with van der Waals surface area (Å²) in [5.74, 6) is 0.253. The van der Waals surface area contributed by atoms with Gasteiger partial charge in [-0.05, 0) is 12.1 Å². The van der Waals surface area contributed by atoms with Crippen molar-refractivity contribution in [3.05, 3.63) is 22.8 Å². The average molecular weight is 223 g/mol. The molecule has 0 aliphatic heterocycles. The fourth-order valence-electron chi connectivity index (χ4n) is 0.782. The van der Waals surface area contributed by atoms with Crippen molar-refractivity contribution in [2.75, 3.05) is 5.73 Å². The smallest absolute Gasteiger partial charge is 0.316 e. The Kier molecular flexibility index (Phi) is 3.69. The third kappa shape index (κ3) is 3.74. The fourth-order valence-corrected chi connectivity index (χ4v) is 1.29. The standard InChI is InChI=1S/C6H8ClN2O3P/c7-4-1-5(3-12-13(10)11)9-6(8)2-4/h1-2,13H,3H2,(H2,8,9)(H,10,11). The Morgan fingerprint density at radius 1 is 1.69 bits per heavy atom. The topological polar surface area (TPSA) is 85.4 Å². The van der Waals surface area contributed by atoms with Crippen molar-refractivity contribution >= 4 is 25.7 Å². The van der Waals surface area contributed by atoms with Crippen LogP contribution in [0.15, 0.2) is 12.1 Å². The number of halogens is 1. The summed E-state index contributed by atoms with van der Waals surface area (Å²) in [7, 11) is -2.93. The second kappa shape index (κ2) is 4.58. The molecule has 1 rings (SSSR count). The van der Waals surface area contributed by atoms with Gasteiger partial charge in [0.25, 0.3) is 0 Å². The summed E-state index contributed by atoms with van der Waals surface area (Å²) in [5, 5.41) is 0.420. The van der Waals surface area contributed by atoms with E-state index in [1.807, 2.05) is 0 Å². The van der Waals surface area contributed by atoms with Crippen molar-refractivity contribution in [3.8, 4) is 0 Å². The zero-order chi connectivity index (χ0) is 9.84. The fraction of sp³-hybridized carbons (Fsp3) is 0.167. The quantitative estimate of drug-likeness (QED) is 0.751. The van der Waals surface area contributed by atoms with Crippen LogP contribution in [0.2, 0.25) is 5.02 Å². The van der Waals surface area contributed by atoms with Gasteiger partial charge in [0.2, 0.25) is 0 Å². The molecule has 0 saturated carbocycles. The lowest BCUT2D eigenvalue weighted by atomic mass is 10.3. The van der Waals surface area contributed by atoms with Crippen molar-refractivity contribution in [1.82, 2.24) is 4.98 Å². The minimum Gasteiger partial charge on any atom is -0.384 e. The molecule has 5 nitrogen and oxygen atoms in total. The Morgan fingerprint density at radius 3 is 2.92 bits per heavy atom. The van der Waals surface area contributed by atoms with Crippen molar-refractivity contribution in [2.24, 2.45) is 0 Å². The van der Waals surface area contributed by atoms with Gasteiger partial charge in [0.05, 0.1) is 12.3 Å². The number of rotatable bonds is 3. The lowest BCUT2D eigenvalue weighted by molar-refractivity contribution is 0.269. The molecular weight excluding hydrogens is 215 g/mol. The van der Waals surface area contributed by atoms with E-state index < -0.39 is 8.25 Å². The van der Waals surface area contributed by atoms with Crippen molar-refractivity contribution in [3.63, 3.8) is 0 Å². The number of nitrogens with two attached hydrogens (primary N) is 1. The second-order valence-corrected chi connectivity index (χ2v) is 3.51. The zero-order valence-corrected chi connectivity index (χ0v) is 8.28. The van der Waals surface area contributed by atoms with Gasteiger partial charge in [-0.25, -0.2) is 4.98 Å². The van der Waals surface area contributed by atoms with Crippen LogP contribution in [0.1, 0.15) is 5.69 Å². The van der Waals surface area contributed by atoms with Crippen molar-refractivity contribution < 1.29 is 14.0 Å². The molecule has 0 aromatic carbocycles. The first-order valence-corrected chi connectivity index (χ1v) is 5.00. The normalized spacial score (nSPS) is 12.8. The van der Waals surface area contributed by atoms with Crippen LogP contribution >= 0.6 is 19.9 Å². The number of anilines is 1. The van der Waals surface area contributed by atoms with Gasteiger partial charge in [0.15, 0.2) is 0 Å². The van der Waals surface area contributed by atoms with Crippen LogP contribution in [0.25, 0.3) is 0 Å². The maximum absolute atomic E-state index is 10.2. The van der Waals surface area contributed by atoms with E-state index in [1.165, 1.54) is 12.1 Å². The summed E-state index contributed by atoms with van der Waals surface area (Å²) in [6.45, 7) is -0.0704. The summed E-state index contributed by atoms with van der Waals surface area (Å²) in [5.41, 5.74) is 5.81. The van der Waals surface area contributed by atoms with Gasteiger partial charge in [0, 0.05) is 5.02 Å². The van der Waals surface area contributed by atoms with E-state index in [1.54, 1.807) is 0 Å². The van der Waals surface area contributed by atoms with Gasteiger partial charge < -0.3 is 15.2 Å².